The SMILES string of the molecule is Cc1cnc(-c2cccc(C(F)(F)F)n2)o1. The Morgan fingerprint density at radius 1 is 1.25 bits per heavy atom. The van der Waals surface area contributed by atoms with Crippen molar-refractivity contribution in [3.8, 4) is 11.6 Å². The van der Waals surface area contributed by atoms with Crippen molar-refractivity contribution in [2.45, 2.75) is 13.1 Å². The van der Waals surface area contributed by atoms with Crippen molar-refractivity contribution in [3.05, 3.63) is 35.9 Å². The van der Waals surface area contributed by atoms with Gasteiger partial charge in [0.25, 0.3) is 0 Å². The van der Waals surface area contributed by atoms with Crippen LogP contribution in [0, 0.1) is 6.92 Å². The van der Waals surface area contributed by atoms with Crippen LogP contribution in [-0.2, 0) is 6.18 Å². The van der Waals surface area contributed by atoms with E-state index in [0.717, 1.165) is 6.07 Å². The second kappa shape index (κ2) is 3.62. The summed E-state index contributed by atoms with van der Waals surface area (Å²) in [6.07, 6.45) is -3.03. The van der Waals surface area contributed by atoms with Crippen molar-refractivity contribution in [1.29, 1.82) is 0 Å². The van der Waals surface area contributed by atoms with E-state index in [1.54, 1.807) is 6.92 Å². The third kappa shape index (κ3) is 2.05. The summed E-state index contributed by atoms with van der Waals surface area (Å²) in [4.78, 5) is 7.26. The van der Waals surface area contributed by atoms with Crippen molar-refractivity contribution in [2.75, 3.05) is 0 Å². The maximum absolute atomic E-state index is 12.4. The molecular weight excluding hydrogens is 221 g/mol. The molecule has 0 aliphatic rings. The number of aryl methyl sites for hydroxylation is 1. The molecule has 2 heterocycles. The molecule has 0 amide bonds. The first kappa shape index (κ1) is 10.7. The van der Waals surface area contributed by atoms with E-state index in [1.165, 1.54) is 18.3 Å². The Morgan fingerprint density at radius 2 is 2.00 bits per heavy atom. The lowest BCUT2D eigenvalue weighted by Gasteiger charge is -2.05. The van der Waals surface area contributed by atoms with Crippen molar-refractivity contribution < 1.29 is 17.6 Å². The fraction of sp³-hybridized carbons (Fsp3) is 0.200. The van der Waals surface area contributed by atoms with Gasteiger partial charge in [-0.05, 0) is 19.1 Å². The standard InChI is InChI=1S/C10H7F3N2O/c1-6-5-14-9(16-6)7-3-2-4-8(15-7)10(11,12)13/h2-5H,1H3. The van der Waals surface area contributed by atoms with Gasteiger partial charge in [-0.1, -0.05) is 6.07 Å². The summed E-state index contributed by atoms with van der Waals surface area (Å²) in [7, 11) is 0. The minimum absolute atomic E-state index is 0.0722. The lowest BCUT2D eigenvalue weighted by molar-refractivity contribution is -0.141. The Kier molecular flexibility index (Phi) is 2.41. The van der Waals surface area contributed by atoms with Gasteiger partial charge in [0.15, 0.2) is 0 Å². The van der Waals surface area contributed by atoms with Gasteiger partial charge in [0.1, 0.15) is 17.1 Å². The average Bonchev–Trinajstić information content (AvgIpc) is 2.64. The summed E-state index contributed by atoms with van der Waals surface area (Å²) >= 11 is 0. The van der Waals surface area contributed by atoms with Crippen molar-refractivity contribution in [3.63, 3.8) is 0 Å². The molecule has 3 nitrogen and oxygen atoms in total. The predicted octanol–water partition coefficient (Wildman–Crippen LogP) is 3.06. The monoisotopic (exact) mass is 228 g/mol. The Hall–Kier alpha value is -1.85. The van der Waals surface area contributed by atoms with Crippen LogP contribution in [0.2, 0.25) is 0 Å². The molecule has 0 saturated heterocycles. The number of oxazole rings is 1. The van der Waals surface area contributed by atoms with Crippen molar-refractivity contribution in [1.82, 2.24) is 9.97 Å². The Morgan fingerprint density at radius 3 is 2.56 bits per heavy atom. The van der Waals surface area contributed by atoms with E-state index in [1.807, 2.05) is 0 Å². The molecule has 0 fully saturated rings. The number of hydrogen-bond acceptors (Lipinski definition) is 3. The molecule has 2 aromatic rings. The Bertz CT molecular complexity index is 505. The first-order valence-corrected chi connectivity index (χ1v) is 4.44. The zero-order valence-electron chi connectivity index (χ0n) is 8.25. The maximum Gasteiger partial charge on any atom is 0.433 e. The summed E-state index contributed by atoms with van der Waals surface area (Å²) in [6.45, 7) is 1.66. The van der Waals surface area contributed by atoms with Gasteiger partial charge in [0, 0.05) is 0 Å². The second-order valence-corrected chi connectivity index (χ2v) is 3.18. The molecule has 2 aromatic heterocycles. The lowest BCUT2D eigenvalue weighted by Crippen LogP contribution is -2.07. The molecule has 0 bridgehead atoms. The number of nitrogens with zero attached hydrogens (tertiary/aromatic N) is 2. The smallest absolute Gasteiger partial charge is 0.433 e. The first-order valence-electron chi connectivity index (χ1n) is 4.44. The van der Waals surface area contributed by atoms with Crippen LogP contribution in [0.25, 0.3) is 11.6 Å². The van der Waals surface area contributed by atoms with Crippen LogP contribution >= 0.6 is 0 Å². The Balaban J connectivity index is 2.44. The number of rotatable bonds is 1. The third-order valence-electron chi connectivity index (χ3n) is 1.88. The van der Waals surface area contributed by atoms with Gasteiger partial charge in [-0.15, -0.1) is 0 Å². The largest absolute Gasteiger partial charge is 0.440 e. The van der Waals surface area contributed by atoms with Gasteiger partial charge in [-0.25, -0.2) is 9.97 Å². The minimum atomic E-state index is -4.46. The van der Waals surface area contributed by atoms with Gasteiger partial charge in [-0.3, -0.25) is 0 Å². The molecular formula is C10H7F3N2O. The molecule has 0 aromatic carbocycles. The molecule has 2 rings (SSSR count). The van der Waals surface area contributed by atoms with Crippen LogP contribution in [0.3, 0.4) is 0 Å². The second-order valence-electron chi connectivity index (χ2n) is 3.18. The van der Waals surface area contributed by atoms with Gasteiger partial charge in [-0.2, -0.15) is 13.2 Å². The van der Waals surface area contributed by atoms with Crippen LogP contribution in [-0.4, -0.2) is 9.97 Å². The average molecular weight is 228 g/mol. The van der Waals surface area contributed by atoms with Crippen LogP contribution in [0.15, 0.2) is 28.8 Å². The fourth-order valence-electron chi connectivity index (χ4n) is 1.18. The van der Waals surface area contributed by atoms with Crippen LogP contribution in [0.5, 0.6) is 0 Å². The lowest BCUT2D eigenvalue weighted by atomic mass is 10.3. The molecule has 16 heavy (non-hydrogen) atoms. The van der Waals surface area contributed by atoms with E-state index in [4.69, 9.17) is 4.42 Å². The van der Waals surface area contributed by atoms with Crippen molar-refractivity contribution >= 4 is 0 Å². The number of hydrogen-bond donors (Lipinski definition) is 0. The highest BCUT2D eigenvalue weighted by molar-refractivity contribution is 5.47. The van der Waals surface area contributed by atoms with E-state index in [9.17, 15) is 13.2 Å². The summed E-state index contributed by atoms with van der Waals surface area (Å²) in [6, 6.07) is 3.59. The fourth-order valence-corrected chi connectivity index (χ4v) is 1.18. The molecule has 0 radical (unpaired) electrons. The summed E-state index contributed by atoms with van der Waals surface area (Å²) in [5.41, 5.74) is -0.885. The van der Waals surface area contributed by atoms with Crippen molar-refractivity contribution in [2.24, 2.45) is 0 Å². The van der Waals surface area contributed by atoms with E-state index in [-0.39, 0.29) is 11.6 Å². The van der Waals surface area contributed by atoms with E-state index in [0.29, 0.717) is 5.76 Å². The summed E-state index contributed by atoms with van der Waals surface area (Å²) in [5.74, 6) is 0.609. The highest BCUT2D eigenvalue weighted by Gasteiger charge is 2.32. The van der Waals surface area contributed by atoms with Gasteiger partial charge >= 0.3 is 6.18 Å². The molecule has 84 valence electrons. The van der Waals surface area contributed by atoms with Gasteiger partial charge in [0.05, 0.1) is 6.20 Å². The summed E-state index contributed by atoms with van der Waals surface area (Å²) in [5, 5.41) is 0. The topological polar surface area (TPSA) is 38.9 Å². The molecule has 0 aliphatic heterocycles. The molecule has 0 aliphatic carbocycles. The predicted molar refractivity (Wildman–Crippen MR) is 49.5 cm³/mol. The molecule has 0 spiro atoms. The number of aromatic nitrogens is 2. The zero-order chi connectivity index (χ0) is 11.8. The highest BCUT2D eigenvalue weighted by Crippen LogP contribution is 2.29. The van der Waals surface area contributed by atoms with Gasteiger partial charge in [0.2, 0.25) is 5.89 Å². The van der Waals surface area contributed by atoms with Crippen LogP contribution in [0.1, 0.15) is 11.5 Å². The minimum Gasteiger partial charge on any atom is -0.440 e. The van der Waals surface area contributed by atoms with E-state index in [2.05, 4.69) is 9.97 Å². The highest BCUT2D eigenvalue weighted by atomic mass is 19.4. The van der Waals surface area contributed by atoms with Gasteiger partial charge < -0.3 is 4.42 Å². The quantitative estimate of drug-likeness (QED) is 0.752. The molecule has 0 unspecified atom stereocenters. The molecule has 0 saturated carbocycles. The van der Waals surface area contributed by atoms with Crippen LogP contribution < -0.4 is 0 Å². The maximum atomic E-state index is 12.4. The summed E-state index contributed by atoms with van der Waals surface area (Å²) < 4.78 is 42.2. The van der Waals surface area contributed by atoms with E-state index < -0.39 is 11.9 Å². The molecule has 0 N–H and O–H groups in total. The number of pyridine rings is 1. The number of halogens is 3. The normalized spacial score (nSPS) is 11.8. The first-order chi connectivity index (χ1) is 7.47. The molecule has 6 heteroatoms. The third-order valence-corrected chi connectivity index (χ3v) is 1.88. The van der Waals surface area contributed by atoms with E-state index >= 15 is 0 Å². The number of alkyl halides is 3. The Labute approximate surface area is 88.9 Å². The van der Waals surface area contributed by atoms with Crippen LogP contribution in [0.4, 0.5) is 13.2 Å². The zero-order valence-corrected chi connectivity index (χ0v) is 8.25. The molecule has 0 atom stereocenters.